The first-order valence-electron chi connectivity index (χ1n) is 24.6. The van der Waals surface area contributed by atoms with Gasteiger partial charge in [-0.15, -0.1) is 35.3 Å². The summed E-state index contributed by atoms with van der Waals surface area (Å²) in [6.07, 6.45) is -2.64. The van der Waals surface area contributed by atoms with Gasteiger partial charge in [0.2, 0.25) is 0 Å². The zero-order valence-electron chi connectivity index (χ0n) is 46.1. The molecule has 3 atom stereocenters. The third-order valence-corrected chi connectivity index (χ3v) is 17.8. The summed E-state index contributed by atoms with van der Waals surface area (Å²) >= 11 is 3.16. The lowest BCUT2D eigenvalue weighted by Crippen LogP contribution is -2.65. The molecule has 15 heteroatoms. The van der Waals surface area contributed by atoms with E-state index in [4.69, 9.17) is 0 Å². The topological polar surface area (TPSA) is 233 Å². The molecule has 0 bridgehead atoms. The molecule has 0 fully saturated rings. The Balaban J connectivity index is 2.94. The lowest BCUT2D eigenvalue weighted by molar-refractivity contribution is -0.142. The van der Waals surface area contributed by atoms with E-state index in [1.54, 1.807) is 36.4 Å². The minimum absolute atomic E-state index is 0.0487. The summed E-state index contributed by atoms with van der Waals surface area (Å²) in [7, 11) is 0. The highest BCUT2D eigenvalue weighted by Gasteiger charge is 2.65. The molecule has 0 saturated heterocycles. The second kappa shape index (κ2) is 22.7. The number of phenols is 3. The molecule has 0 aliphatic carbocycles. The van der Waals surface area contributed by atoms with Crippen LogP contribution in [-0.4, -0.2) is 99.4 Å². The van der Waals surface area contributed by atoms with E-state index in [9.17, 15) is 60.3 Å². The van der Waals surface area contributed by atoms with Crippen LogP contribution in [0.15, 0.2) is 51.1 Å². The first-order valence-corrected chi connectivity index (χ1v) is 27.3. The summed E-state index contributed by atoms with van der Waals surface area (Å²) in [6.45, 7) is 32.1. The summed E-state index contributed by atoms with van der Waals surface area (Å²) in [5.74, 6) is -3.86. The number of aromatic hydroxyl groups is 3. The summed E-state index contributed by atoms with van der Waals surface area (Å²) in [4.78, 5) is 42.8. The van der Waals surface area contributed by atoms with Crippen molar-refractivity contribution in [1.29, 1.82) is 0 Å². The molecule has 0 amide bonds. The van der Waals surface area contributed by atoms with Gasteiger partial charge < -0.3 is 46.0 Å². The van der Waals surface area contributed by atoms with Crippen LogP contribution in [0.1, 0.15) is 184 Å². The van der Waals surface area contributed by atoms with E-state index >= 15 is 0 Å². The van der Waals surface area contributed by atoms with Gasteiger partial charge in [-0.2, -0.15) is 0 Å². The smallest absolute Gasteiger partial charge is 0.304 e. The van der Waals surface area contributed by atoms with Crippen molar-refractivity contribution in [2.75, 3.05) is 19.8 Å². The number of rotatable bonds is 20. The zero-order valence-corrected chi connectivity index (χ0v) is 48.6. The largest absolute Gasteiger partial charge is 0.507 e. The molecule has 0 heterocycles. The number of hydrogen-bond acceptors (Lipinski definition) is 12. The predicted octanol–water partition coefficient (Wildman–Crippen LogP) is 12.1. The van der Waals surface area contributed by atoms with Gasteiger partial charge in [0, 0.05) is 81.3 Å². The molecule has 3 aromatic carbocycles. The first kappa shape index (κ1) is 62.7. The highest BCUT2D eigenvalue weighted by atomic mass is 32.2. The van der Waals surface area contributed by atoms with Gasteiger partial charge in [0.25, 0.3) is 0 Å². The van der Waals surface area contributed by atoms with Crippen molar-refractivity contribution in [2.24, 2.45) is 10.8 Å². The van der Waals surface area contributed by atoms with Crippen LogP contribution < -0.4 is 0 Å². The summed E-state index contributed by atoms with van der Waals surface area (Å²) in [6, 6.07) is 10.6. The summed E-state index contributed by atoms with van der Waals surface area (Å²) in [5, 5.41) is 101. The molecular weight excluding hydrogens is 973 g/mol. The van der Waals surface area contributed by atoms with Gasteiger partial charge in [-0.05, 0) is 75.3 Å². The Hall–Kier alpha value is -3.60. The van der Waals surface area contributed by atoms with Gasteiger partial charge in [0.1, 0.15) is 17.2 Å². The average Bonchev–Trinajstić information content (AvgIpc) is 3.18. The number of aliphatic hydroxyl groups is 3. The van der Waals surface area contributed by atoms with Crippen molar-refractivity contribution < 1.29 is 60.3 Å². The third kappa shape index (κ3) is 14.2. The minimum atomic E-state index is -2.10. The van der Waals surface area contributed by atoms with Gasteiger partial charge in [-0.25, -0.2) is 0 Å². The van der Waals surface area contributed by atoms with Crippen LogP contribution >= 0.6 is 35.3 Å². The maximum atomic E-state index is 13.8. The van der Waals surface area contributed by atoms with E-state index in [-0.39, 0.29) is 17.2 Å². The van der Waals surface area contributed by atoms with Crippen LogP contribution in [0.5, 0.6) is 17.2 Å². The average molecular weight is 1060 g/mol. The Bertz CT molecular complexity index is 2060. The molecule has 3 aromatic rings. The van der Waals surface area contributed by atoms with Gasteiger partial charge in [-0.3, -0.25) is 14.4 Å². The number of carboxylic acids is 3. The Morgan fingerprint density at radius 1 is 0.403 bits per heavy atom. The SMILES string of the molecule is CC(C)(C)c1cc(SC(CC(=O)O)C(C(CC(=O)O)Sc2cc(C(C)(C)C)c(O)c(C(C)(C)C)c2)(C(CC(=O)O)Sc2cc(C(C)(C)C)c(O)c(C(C)(C)C)c2)C(CO)(CO)CCO)cc(C(C)(C)C)c1O. The van der Waals surface area contributed by atoms with Crippen molar-refractivity contribution in [3.8, 4) is 17.2 Å². The van der Waals surface area contributed by atoms with E-state index in [1.807, 2.05) is 125 Å². The van der Waals surface area contributed by atoms with Crippen LogP contribution in [-0.2, 0) is 46.9 Å². The molecule has 404 valence electrons. The van der Waals surface area contributed by atoms with Gasteiger partial charge in [0.15, 0.2) is 0 Å². The Labute approximate surface area is 442 Å². The highest BCUT2D eigenvalue weighted by molar-refractivity contribution is 8.02. The van der Waals surface area contributed by atoms with Crippen LogP contribution in [0.4, 0.5) is 0 Å². The Morgan fingerprint density at radius 3 is 0.736 bits per heavy atom. The second-order valence-electron chi connectivity index (χ2n) is 25.7. The van der Waals surface area contributed by atoms with Gasteiger partial charge in [-0.1, -0.05) is 125 Å². The Morgan fingerprint density at radius 2 is 0.597 bits per heavy atom. The number of carboxylic acid groups (broad SMARTS) is 3. The standard InChI is InChI=1S/C57H86O12S3/c1-50(2,3)35-21-32(22-36(47(35)67)51(4,5)6)70-41(27-44(61)62)57(56(30-59,31-60)19-20-58,42(28-45(63)64)71-33-23-37(52(7,8)9)48(68)38(24-33)53(10,11)12)43(29-46(65)66)72-34-25-39(54(13,14)15)49(69)40(26-34)55(16,17)18/h21-26,41-43,58-60,67-69H,19-20,27-31H2,1-18H3,(H,61,62)(H,63,64)(H,65,66). The molecule has 0 saturated carbocycles. The molecule has 12 nitrogen and oxygen atoms in total. The molecule has 0 aliphatic heterocycles. The number of phenolic OH excluding ortho intramolecular Hbond substituents is 3. The van der Waals surface area contributed by atoms with Crippen LogP contribution in [0.3, 0.4) is 0 Å². The number of benzene rings is 3. The number of thioether (sulfide) groups is 3. The lowest BCUT2D eigenvalue weighted by atomic mass is 9.55. The van der Waals surface area contributed by atoms with Crippen LogP contribution in [0, 0.1) is 10.8 Å². The van der Waals surface area contributed by atoms with Crippen LogP contribution in [0.2, 0.25) is 0 Å². The highest BCUT2D eigenvalue weighted by Crippen LogP contribution is 2.64. The molecular formula is C57H86O12S3. The number of carbonyl (C=O) groups is 3. The summed E-state index contributed by atoms with van der Waals surface area (Å²) < 4.78 is 0. The monoisotopic (exact) mass is 1060 g/mol. The molecule has 0 aliphatic rings. The van der Waals surface area contributed by atoms with E-state index < -0.39 is 122 Å². The maximum absolute atomic E-state index is 13.8. The normalized spacial score (nSPS) is 15.5. The fraction of sp³-hybridized carbons (Fsp3) is 0.632. The number of aliphatic carboxylic acids is 3. The van der Waals surface area contributed by atoms with E-state index in [1.165, 1.54) is 0 Å². The maximum Gasteiger partial charge on any atom is 0.304 e. The van der Waals surface area contributed by atoms with Crippen LogP contribution in [0.25, 0.3) is 0 Å². The van der Waals surface area contributed by atoms with E-state index in [0.29, 0.717) is 48.1 Å². The minimum Gasteiger partial charge on any atom is -0.507 e. The quantitative estimate of drug-likeness (QED) is 0.0479. The van der Waals surface area contributed by atoms with E-state index in [2.05, 4.69) is 0 Å². The molecule has 9 N–H and O–H groups in total. The molecule has 0 radical (unpaired) electrons. The van der Waals surface area contributed by atoms with Crippen molar-refractivity contribution >= 4 is 53.2 Å². The second-order valence-corrected chi connectivity index (χ2v) is 29.5. The number of aliphatic hydroxyl groups excluding tert-OH is 3. The van der Waals surface area contributed by atoms with Gasteiger partial charge in [0.05, 0.1) is 32.5 Å². The predicted molar refractivity (Wildman–Crippen MR) is 293 cm³/mol. The first-order chi connectivity index (χ1) is 32.5. The van der Waals surface area contributed by atoms with Crippen molar-refractivity contribution in [2.45, 2.75) is 213 Å². The lowest BCUT2D eigenvalue weighted by Gasteiger charge is -2.59. The summed E-state index contributed by atoms with van der Waals surface area (Å²) in [5.41, 5.74) is -4.77. The van der Waals surface area contributed by atoms with Crippen molar-refractivity contribution in [3.63, 3.8) is 0 Å². The fourth-order valence-electron chi connectivity index (χ4n) is 9.91. The van der Waals surface area contributed by atoms with Crippen molar-refractivity contribution in [3.05, 3.63) is 69.8 Å². The Kier molecular flexibility index (Phi) is 19.8. The van der Waals surface area contributed by atoms with E-state index in [0.717, 1.165) is 35.3 Å². The molecule has 3 unspecified atom stereocenters. The third-order valence-electron chi connectivity index (χ3n) is 13.7. The molecule has 0 spiro atoms. The van der Waals surface area contributed by atoms with Gasteiger partial charge >= 0.3 is 17.9 Å². The molecule has 3 rings (SSSR count). The van der Waals surface area contributed by atoms with Crippen molar-refractivity contribution in [1.82, 2.24) is 0 Å². The molecule has 72 heavy (non-hydrogen) atoms. The fourth-order valence-corrected chi connectivity index (χ4v) is 15.3. The molecule has 0 aromatic heterocycles. The number of hydrogen-bond donors (Lipinski definition) is 9. The zero-order chi connectivity index (χ0) is 55.7.